The molecule has 0 radical (unpaired) electrons. The van der Waals surface area contributed by atoms with Crippen LogP contribution >= 0.6 is 0 Å². The summed E-state index contributed by atoms with van der Waals surface area (Å²) in [5.41, 5.74) is -1.01. The number of halogens is 4. The fourth-order valence-electron chi connectivity index (χ4n) is 3.68. The summed E-state index contributed by atoms with van der Waals surface area (Å²) in [4.78, 5) is 12.4. The van der Waals surface area contributed by atoms with Crippen LogP contribution in [-0.2, 0) is 11.0 Å². The SMILES string of the molecule is CC1(C2CC2)NC(=O)C(c2ccc(-c3ccc(C(F)(F)F)cc3)cc2F)=C1O. The number of benzene rings is 2. The van der Waals surface area contributed by atoms with E-state index in [0.717, 1.165) is 31.0 Å². The van der Waals surface area contributed by atoms with E-state index < -0.39 is 29.0 Å². The van der Waals surface area contributed by atoms with Gasteiger partial charge in [-0.15, -0.1) is 0 Å². The van der Waals surface area contributed by atoms with Gasteiger partial charge in [-0.25, -0.2) is 4.39 Å². The molecule has 4 rings (SSSR count). The lowest BCUT2D eigenvalue weighted by Gasteiger charge is -2.24. The molecule has 1 unspecified atom stereocenters. The van der Waals surface area contributed by atoms with Crippen LogP contribution < -0.4 is 5.32 Å². The van der Waals surface area contributed by atoms with Gasteiger partial charge in [0.25, 0.3) is 5.91 Å². The highest BCUT2D eigenvalue weighted by Gasteiger charge is 2.52. The Morgan fingerprint density at radius 1 is 1.07 bits per heavy atom. The Morgan fingerprint density at radius 3 is 2.21 bits per heavy atom. The van der Waals surface area contributed by atoms with Crippen LogP contribution in [0.1, 0.15) is 30.9 Å². The van der Waals surface area contributed by atoms with Gasteiger partial charge in [-0.3, -0.25) is 4.79 Å². The standard InChI is InChI=1S/C21H17F4NO2/c1-20(13-7-8-13)18(27)17(19(28)26-20)15-9-4-12(10-16(15)22)11-2-5-14(6-3-11)21(23,24)25/h2-6,9-10,13,27H,7-8H2,1H3,(H,26,28). The van der Waals surface area contributed by atoms with Crippen molar-refractivity contribution in [3.8, 4) is 11.1 Å². The molecule has 1 amide bonds. The third kappa shape index (κ3) is 2.95. The van der Waals surface area contributed by atoms with E-state index in [4.69, 9.17) is 0 Å². The fraction of sp³-hybridized carbons (Fsp3) is 0.286. The van der Waals surface area contributed by atoms with Crippen molar-refractivity contribution in [2.24, 2.45) is 5.92 Å². The van der Waals surface area contributed by atoms with Crippen molar-refractivity contribution in [2.45, 2.75) is 31.5 Å². The average Bonchev–Trinajstić information content (AvgIpc) is 3.45. The highest BCUT2D eigenvalue weighted by Crippen LogP contribution is 2.47. The molecule has 1 heterocycles. The second-order valence-electron chi connectivity index (χ2n) is 7.42. The molecule has 2 N–H and O–H groups in total. The van der Waals surface area contributed by atoms with Crippen LogP contribution in [-0.4, -0.2) is 16.6 Å². The van der Waals surface area contributed by atoms with E-state index in [0.29, 0.717) is 11.1 Å². The van der Waals surface area contributed by atoms with Crippen molar-refractivity contribution in [2.75, 3.05) is 0 Å². The second kappa shape index (κ2) is 6.09. The zero-order valence-corrected chi connectivity index (χ0v) is 14.9. The smallest absolute Gasteiger partial charge is 0.416 e. The predicted molar refractivity (Wildman–Crippen MR) is 95.7 cm³/mol. The zero-order chi connectivity index (χ0) is 20.3. The summed E-state index contributed by atoms with van der Waals surface area (Å²) in [5, 5.41) is 13.3. The number of aliphatic hydroxyl groups excluding tert-OH is 1. The fourth-order valence-corrected chi connectivity index (χ4v) is 3.68. The van der Waals surface area contributed by atoms with Gasteiger partial charge in [0.1, 0.15) is 11.6 Å². The van der Waals surface area contributed by atoms with Gasteiger partial charge in [0.05, 0.1) is 16.7 Å². The van der Waals surface area contributed by atoms with Crippen LogP contribution in [0.2, 0.25) is 0 Å². The Bertz CT molecular complexity index is 990. The van der Waals surface area contributed by atoms with Gasteiger partial charge < -0.3 is 10.4 Å². The summed E-state index contributed by atoms with van der Waals surface area (Å²) < 4.78 is 52.8. The first-order valence-electron chi connectivity index (χ1n) is 8.85. The number of carbonyl (C=O) groups is 1. The summed E-state index contributed by atoms with van der Waals surface area (Å²) in [5.74, 6) is -1.30. The van der Waals surface area contributed by atoms with Gasteiger partial charge in [-0.2, -0.15) is 13.2 Å². The van der Waals surface area contributed by atoms with E-state index in [1.807, 2.05) is 0 Å². The van der Waals surface area contributed by atoms with E-state index in [-0.39, 0.29) is 22.8 Å². The lowest BCUT2D eigenvalue weighted by atomic mass is 9.92. The van der Waals surface area contributed by atoms with Crippen molar-refractivity contribution in [1.82, 2.24) is 5.32 Å². The van der Waals surface area contributed by atoms with E-state index in [1.165, 1.54) is 24.3 Å². The summed E-state index contributed by atoms with van der Waals surface area (Å²) in [7, 11) is 0. The summed E-state index contributed by atoms with van der Waals surface area (Å²) >= 11 is 0. The van der Waals surface area contributed by atoms with E-state index >= 15 is 0 Å². The molecule has 1 atom stereocenters. The molecule has 7 heteroatoms. The Labute approximate surface area is 158 Å². The van der Waals surface area contributed by atoms with Crippen molar-refractivity contribution >= 4 is 11.5 Å². The minimum Gasteiger partial charge on any atom is -0.509 e. The normalized spacial score (nSPS) is 22.5. The minimum absolute atomic E-state index is 0.0324. The monoisotopic (exact) mass is 391 g/mol. The molecule has 2 aliphatic rings. The highest BCUT2D eigenvalue weighted by molar-refractivity contribution is 6.23. The maximum Gasteiger partial charge on any atom is 0.416 e. The maximum absolute atomic E-state index is 14.8. The van der Waals surface area contributed by atoms with Crippen LogP contribution in [0.4, 0.5) is 17.6 Å². The Balaban J connectivity index is 1.69. The van der Waals surface area contributed by atoms with Gasteiger partial charge in [0.15, 0.2) is 0 Å². The molecule has 0 spiro atoms. The van der Waals surface area contributed by atoms with Crippen molar-refractivity contribution in [1.29, 1.82) is 0 Å². The molecule has 1 aliphatic carbocycles. The van der Waals surface area contributed by atoms with E-state index in [1.54, 1.807) is 6.92 Å². The number of hydrogen-bond acceptors (Lipinski definition) is 2. The third-order valence-corrected chi connectivity index (χ3v) is 5.51. The van der Waals surface area contributed by atoms with Gasteiger partial charge in [-0.05, 0) is 55.0 Å². The molecule has 0 bridgehead atoms. The molecule has 3 nitrogen and oxygen atoms in total. The molecule has 0 saturated heterocycles. The molecule has 2 aromatic rings. The molecule has 28 heavy (non-hydrogen) atoms. The Hall–Kier alpha value is -2.83. The average molecular weight is 391 g/mol. The highest BCUT2D eigenvalue weighted by atomic mass is 19.4. The largest absolute Gasteiger partial charge is 0.509 e. The lowest BCUT2D eigenvalue weighted by Crippen LogP contribution is -2.43. The first kappa shape index (κ1) is 18.5. The molecule has 1 aliphatic heterocycles. The topological polar surface area (TPSA) is 49.3 Å². The summed E-state index contributed by atoms with van der Waals surface area (Å²) in [6, 6.07) is 8.43. The Kier molecular flexibility index (Phi) is 4.03. The zero-order valence-electron chi connectivity index (χ0n) is 14.9. The number of aliphatic hydroxyl groups is 1. The summed E-state index contributed by atoms with van der Waals surface area (Å²) in [6.45, 7) is 1.72. The predicted octanol–water partition coefficient (Wildman–Crippen LogP) is 5.08. The number of amides is 1. The molecule has 1 fully saturated rings. The van der Waals surface area contributed by atoms with Gasteiger partial charge in [-0.1, -0.05) is 24.3 Å². The van der Waals surface area contributed by atoms with Crippen molar-refractivity contribution < 1.29 is 27.5 Å². The molecular formula is C21H17F4NO2. The number of nitrogens with one attached hydrogen (secondary N) is 1. The van der Waals surface area contributed by atoms with Crippen molar-refractivity contribution in [3.63, 3.8) is 0 Å². The van der Waals surface area contributed by atoms with Crippen LogP contribution in [0.5, 0.6) is 0 Å². The van der Waals surface area contributed by atoms with Crippen LogP contribution in [0.3, 0.4) is 0 Å². The quantitative estimate of drug-likeness (QED) is 0.717. The van der Waals surface area contributed by atoms with Crippen molar-refractivity contribution in [3.05, 3.63) is 65.2 Å². The number of rotatable bonds is 3. The molecular weight excluding hydrogens is 374 g/mol. The van der Waals surface area contributed by atoms with E-state index in [2.05, 4.69) is 5.32 Å². The van der Waals surface area contributed by atoms with Gasteiger partial charge in [0.2, 0.25) is 0 Å². The van der Waals surface area contributed by atoms with Gasteiger partial charge in [0, 0.05) is 5.56 Å². The van der Waals surface area contributed by atoms with Crippen LogP contribution in [0, 0.1) is 11.7 Å². The first-order valence-corrected chi connectivity index (χ1v) is 8.85. The van der Waals surface area contributed by atoms with Gasteiger partial charge >= 0.3 is 6.18 Å². The molecule has 1 saturated carbocycles. The van der Waals surface area contributed by atoms with Crippen LogP contribution in [0.15, 0.2) is 48.2 Å². The molecule has 0 aromatic heterocycles. The summed E-state index contributed by atoms with van der Waals surface area (Å²) in [6.07, 6.45) is -2.69. The Morgan fingerprint density at radius 2 is 1.68 bits per heavy atom. The van der Waals surface area contributed by atoms with Crippen LogP contribution in [0.25, 0.3) is 16.7 Å². The molecule has 146 valence electrons. The van der Waals surface area contributed by atoms with E-state index in [9.17, 15) is 27.5 Å². The number of carbonyl (C=O) groups excluding carboxylic acids is 1. The maximum atomic E-state index is 14.8. The molecule has 2 aromatic carbocycles. The number of hydrogen-bond donors (Lipinski definition) is 2. The lowest BCUT2D eigenvalue weighted by molar-refractivity contribution is -0.137. The number of alkyl halides is 3. The first-order chi connectivity index (χ1) is 13.1. The minimum atomic E-state index is -4.44. The third-order valence-electron chi connectivity index (χ3n) is 5.51. The second-order valence-corrected chi connectivity index (χ2v) is 7.42.